The molecule has 1 rings (SSSR count). The molecule has 1 aromatic carbocycles. The zero-order valence-electron chi connectivity index (χ0n) is 9.46. The van der Waals surface area contributed by atoms with E-state index in [9.17, 15) is 4.79 Å². The van der Waals surface area contributed by atoms with Gasteiger partial charge in [0.05, 0.1) is 12.2 Å². The lowest BCUT2D eigenvalue weighted by Crippen LogP contribution is -2.05. The third-order valence-electron chi connectivity index (χ3n) is 2.24. The molecule has 3 heteroatoms. The first-order valence-corrected chi connectivity index (χ1v) is 5.16. The van der Waals surface area contributed by atoms with E-state index in [2.05, 4.69) is 0 Å². The van der Waals surface area contributed by atoms with E-state index < -0.39 is 0 Å². The number of benzene rings is 1. The van der Waals surface area contributed by atoms with Crippen LogP contribution in [0.1, 0.15) is 36.7 Å². The Balaban J connectivity index is 3.33. The average molecular weight is 207 g/mol. The summed E-state index contributed by atoms with van der Waals surface area (Å²) < 4.78 is 5.50. The first-order valence-electron chi connectivity index (χ1n) is 5.16. The lowest BCUT2D eigenvalue weighted by Gasteiger charge is -2.13. The van der Waals surface area contributed by atoms with E-state index in [-0.39, 0.29) is 5.78 Å². The van der Waals surface area contributed by atoms with E-state index in [0.29, 0.717) is 23.6 Å². The Labute approximate surface area is 90.2 Å². The van der Waals surface area contributed by atoms with E-state index >= 15 is 0 Å². The fourth-order valence-electron chi connectivity index (χ4n) is 1.55. The third kappa shape index (κ3) is 2.49. The second-order valence-electron chi connectivity index (χ2n) is 3.40. The summed E-state index contributed by atoms with van der Waals surface area (Å²) in [4.78, 5) is 11.4. The molecule has 0 saturated carbocycles. The van der Waals surface area contributed by atoms with Gasteiger partial charge in [-0.05, 0) is 38.0 Å². The summed E-state index contributed by atoms with van der Waals surface area (Å²) in [5, 5.41) is 0. The first-order chi connectivity index (χ1) is 7.10. The number of carbonyl (C=O) groups is 1. The lowest BCUT2D eigenvalue weighted by atomic mass is 10.0. The fraction of sp³-hybridized carbons (Fsp3) is 0.417. The van der Waals surface area contributed by atoms with Crippen LogP contribution in [0.3, 0.4) is 0 Å². The van der Waals surface area contributed by atoms with Crippen molar-refractivity contribution in [1.29, 1.82) is 0 Å². The Morgan fingerprint density at radius 1 is 1.40 bits per heavy atom. The second-order valence-corrected chi connectivity index (χ2v) is 3.40. The van der Waals surface area contributed by atoms with Crippen LogP contribution in [0.15, 0.2) is 12.1 Å². The molecule has 15 heavy (non-hydrogen) atoms. The summed E-state index contributed by atoms with van der Waals surface area (Å²) >= 11 is 0. The monoisotopic (exact) mass is 207 g/mol. The Kier molecular flexibility index (Phi) is 3.72. The molecule has 0 aromatic heterocycles. The van der Waals surface area contributed by atoms with E-state index in [0.717, 1.165) is 12.0 Å². The maximum absolute atomic E-state index is 11.4. The number of hydrogen-bond acceptors (Lipinski definition) is 3. The van der Waals surface area contributed by atoms with Crippen molar-refractivity contribution >= 4 is 11.5 Å². The van der Waals surface area contributed by atoms with Crippen molar-refractivity contribution in [2.75, 3.05) is 12.3 Å². The van der Waals surface area contributed by atoms with Gasteiger partial charge in [-0.15, -0.1) is 0 Å². The van der Waals surface area contributed by atoms with Crippen molar-refractivity contribution in [1.82, 2.24) is 0 Å². The van der Waals surface area contributed by atoms with E-state index in [1.54, 1.807) is 6.07 Å². The topological polar surface area (TPSA) is 52.3 Å². The van der Waals surface area contributed by atoms with Crippen LogP contribution < -0.4 is 10.5 Å². The predicted octanol–water partition coefficient (Wildman–Crippen LogP) is 2.43. The molecule has 0 radical (unpaired) electrons. The normalized spacial score (nSPS) is 10.1. The molecule has 2 N–H and O–H groups in total. The molecule has 0 bridgehead atoms. The number of nitrogen functional groups attached to an aromatic ring is 1. The number of ether oxygens (including phenoxy) is 1. The number of hydrogen-bond donors (Lipinski definition) is 1. The quantitative estimate of drug-likeness (QED) is 0.609. The number of Topliss-reactive ketones (excluding diaryl/α,β-unsaturated/α-hetero) is 1. The zero-order valence-corrected chi connectivity index (χ0v) is 9.46. The van der Waals surface area contributed by atoms with Crippen LogP contribution in [-0.2, 0) is 6.42 Å². The standard InChI is InChI=1S/C12H17NO2/c1-4-9-6-10(13)7-11(8(3)14)12(9)15-5-2/h6-7H,4-5,13H2,1-3H3. The summed E-state index contributed by atoms with van der Waals surface area (Å²) in [6.45, 7) is 5.99. The fourth-order valence-corrected chi connectivity index (χ4v) is 1.55. The molecule has 1 aromatic rings. The Morgan fingerprint density at radius 2 is 2.07 bits per heavy atom. The summed E-state index contributed by atoms with van der Waals surface area (Å²) in [6, 6.07) is 3.53. The first kappa shape index (κ1) is 11.6. The molecule has 82 valence electrons. The Bertz CT molecular complexity index is 372. The van der Waals surface area contributed by atoms with E-state index in [4.69, 9.17) is 10.5 Å². The number of ketones is 1. The molecule has 0 aliphatic carbocycles. The molecule has 0 aliphatic heterocycles. The van der Waals surface area contributed by atoms with Gasteiger partial charge in [0.25, 0.3) is 0 Å². The smallest absolute Gasteiger partial charge is 0.163 e. The van der Waals surface area contributed by atoms with Gasteiger partial charge in [-0.25, -0.2) is 0 Å². The largest absolute Gasteiger partial charge is 0.493 e. The highest BCUT2D eigenvalue weighted by Crippen LogP contribution is 2.28. The Hall–Kier alpha value is -1.51. The van der Waals surface area contributed by atoms with Crippen LogP contribution in [0.25, 0.3) is 0 Å². The summed E-state index contributed by atoms with van der Waals surface area (Å²) in [5.41, 5.74) is 7.91. The highest BCUT2D eigenvalue weighted by molar-refractivity contribution is 5.98. The van der Waals surface area contributed by atoms with Crippen molar-refractivity contribution in [3.8, 4) is 5.75 Å². The van der Waals surface area contributed by atoms with Crippen molar-refractivity contribution in [2.45, 2.75) is 27.2 Å². The van der Waals surface area contributed by atoms with Gasteiger partial charge in [0.1, 0.15) is 5.75 Å². The van der Waals surface area contributed by atoms with Crippen molar-refractivity contribution < 1.29 is 9.53 Å². The average Bonchev–Trinajstić information content (AvgIpc) is 2.19. The maximum atomic E-state index is 11.4. The number of rotatable bonds is 4. The van der Waals surface area contributed by atoms with Gasteiger partial charge in [0.2, 0.25) is 0 Å². The van der Waals surface area contributed by atoms with Crippen molar-refractivity contribution in [2.24, 2.45) is 0 Å². The van der Waals surface area contributed by atoms with E-state index in [1.807, 2.05) is 19.9 Å². The lowest BCUT2D eigenvalue weighted by molar-refractivity contribution is 0.101. The van der Waals surface area contributed by atoms with Gasteiger partial charge < -0.3 is 10.5 Å². The minimum atomic E-state index is -0.0135. The Morgan fingerprint density at radius 3 is 2.53 bits per heavy atom. The van der Waals surface area contributed by atoms with Crippen LogP contribution in [0.5, 0.6) is 5.75 Å². The number of carbonyl (C=O) groups excluding carboxylic acids is 1. The minimum Gasteiger partial charge on any atom is -0.493 e. The summed E-state index contributed by atoms with van der Waals surface area (Å²) in [6.07, 6.45) is 0.806. The molecular weight excluding hydrogens is 190 g/mol. The van der Waals surface area contributed by atoms with Crippen LogP contribution in [0.2, 0.25) is 0 Å². The van der Waals surface area contributed by atoms with Gasteiger partial charge in [0, 0.05) is 5.69 Å². The van der Waals surface area contributed by atoms with E-state index in [1.165, 1.54) is 6.92 Å². The molecule has 0 saturated heterocycles. The highest BCUT2D eigenvalue weighted by Gasteiger charge is 2.13. The molecule has 3 nitrogen and oxygen atoms in total. The van der Waals surface area contributed by atoms with Gasteiger partial charge in [-0.3, -0.25) is 4.79 Å². The van der Waals surface area contributed by atoms with Crippen LogP contribution >= 0.6 is 0 Å². The number of aryl methyl sites for hydroxylation is 1. The van der Waals surface area contributed by atoms with Gasteiger partial charge >= 0.3 is 0 Å². The second kappa shape index (κ2) is 4.82. The van der Waals surface area contributed by atoms with Crippen LogP contribution in [0.4, 0.5) is 5.69 Å². The van der Waals surface area contributed by atoms with Crippen molar-refractivity contribution in [3.05, 3.63) is 23.3 Å². The van der Waals surface area contributed by atoms with Gasteiger partial charge in [-0.2, -0.15) is 0 Å². The molecule has 0 aliphatic rings. The molecule has 0 spiro atoms. The minimum absolute atomic E-state index is 0.0135. The van der Waals surface area contributed by atoms with Gasteiger partial charge in [0.15, 0.2) is 5.78 Å². The third-order valence-corrected chi connectivity index (χ3v) is 2.24. The molecule has 0 heterocycles. The number of nitrogens with two attached hydrogens (primary N) is 1. The van der Waals surface area contributed by atoms with Crippen LogP contribution in [-0.4, -0.2) is 12.4 Å². The maximum Gasteiger partial charge on any atom is 0.163 e. The molecule has 0 unspecified atom stereocenters. The van der Waals surface area contributed by atoms with Crippen LogP contribution in [0, 0.1) is 0 Å². The molecule has 0 amide bonds. The molecule has 0 fully saturated rings. The summed E-state index contributed by atoms with van der Waals surface area (Å²) in [5.74, 6) is 0.669. The molecular formula is C12H17NO2. The SMILES string of the molecule is CCOc1c(CC)cc(N)cc1C(C)=O. The zero-order chi connectivity index (χ0) is 11.4. The highest BCUT2D eigenvalue weighted by atomic mass is 16.5. The number of anilines is 1. The summed E-state index contributed by atoms with van der Waals surface area (Å²) in [7, 11) is 0. The molecule has 0 atom stereocenters. The van der Waals surface area contributed by atoms with Gasteiger partial charge in [-0.1, -0.05) is 6.92 Å². The predicted molar refractivity (Wildman–Crippen MR) is 61.4 cm³/mol. The van der Waals surface area contributed by atoms with Crippen molar-refractivity contribution in [3.63, 3.8) is 0 Å².